The van der Waals surface area contributed by atoms with E-state index < -0.39 is 0 Å². The number of hydrogen-bond donors (Lipinski definition) is 2. The van der Waals surface area contributed by atoms with Crippen LogP contribution in [0.3, 0.4) is 0 Å². The lowest BCUT2D eigenvalue weighted by atomic mass is 10.0. The van der Waals surface area contributed by atoms with Crippen LogP contribution in [0.15, 0.2) is 59.6 Å². The lowest BCUT2D eigenvalue weighted by Gasteiger charge is -2.24. The summed E-state index contributed by atoms with van der Waals surface area (Å²) in [6, 6.07) is 9.34. The number of nitrogens with zero attached hydrogens (tertiary/aromatic N) is 2. The van der Waals surface area contributed by atoms with Gasteiger partial charge in [0.15, 0.2) is 24.0 Å². The third-order valence-corrected chi connectivity index (χ3v) is 6.27. The van der Waals surface area contributed by atoms with Gasteiger partial charge in [-0.25, -0.2) is 9.97 Å². The Morgan fingerprint density at radius 3 is 2.82 bits per heavy atom. The molecule has 0 spiro atoms. The summed E-state index contributed by atoms with van der Waals surface area (Å²) in [5.74, 6) is 1.71. The molecule has 0 fully saturated rings. The highest BCUT2D eigenvalue weighted by Gasteiger charge is 2.18. The minimum Gasteiger partial charge on any atom is -0.484 e. The van der Waals surface area contributed by atoms with E-state index in [1.807, 2.05) is 56.5 Å². The van der Waals surface area contributed by atoms with Crippen molar-refractivity contribution in [2.24, 2.45) is 0 Å². The molecule has 33 heavy (non-hydrogen) atoms. The largest absolute Gasteiger partial charge is 0.484 e. The molecule has 0 unspecified atom stereocenters. The van der Waals surface area contributed by atoms with Crippen LogP contribution in [0.4, 0.5) is 5.82 Å². The van der Waals surface area contributed by atoms with Crippen LogP contribution in [0.1, 0.15) is 33.6 Å². The zero-order valence-corrected chi connectivity index (χ0v) is 19.7. The van der Waals surface area contributed by atoms with Gasteiger partial charge in [-0.15, -0.1) is 11.3 Å². The van der Waals surface area contributed by atoms with E-state index in [-0.39, 0.29) is 23.8 Å². The fourth-order valence-electron chi connectivity index (χ4n) is 3.21. The van der Waals surface area contributed by atoms with Crippen LogP contribution in [0.25, 0.3) is 21.6 Å². The van der Waals surface area contributed by atoms with E-state index in [9.17, 15) is 9.59 Å². The first kappa shape index (κ1) is 22.7. The average Bonchev–Trinajstić information content (AvgIpc) is 3.28. The molecule has 170 valence electrons. The second-order valence-corrected chi connectivity index (χ2v) is 9.34. The number of nitrogens with one attached hydrogen (secondary N) is 2. The van der Waals surface area contributed by atoms with Crippen LogP contribution >= 0.6 is 11.3 Å². The molecule has 0 radical (unpaired) electrons. The molecule has 3 aromatic rings. The van der Waals surface area contributed by atoms with Gasteiger partial charge < -0.3 is 15.4 Å². The first-order valence-electron chi connectivity index (χ1n) is 10.8. The molecule has 8 heteroatoms. The zero-order valence-electron chi connectivity index (χ0n) is 18.8. The number of amides is 1. The third-order valence-electron chi connectivity index (χ3n) is 5.36. The number of carbonyl (C=O) groups excluding carboxylic acids is 2. The summed E-state index contributed by atoms with van der Waals surface area (Å²) >= 11 is 1.55. The number of anilines is 1. The molecule has 7 nitrogen and oxygen atoms in total. The third kappa shape index (κ3) is 5.64. The summed E-state index contributed by atoms with van der Waals surface area (Å²) in [7, 11) is 0. The van der Waals surface area contributed by atoms with Crippen molar-refractivity contribution >= 4 is 39.1 Å². The fourth-order valence-corrected chi connectivity index (χ4v) is 3.99. The fraction of sp³-hybridized carbons (Fsp3) is 0.280. The molecule has 2 aromatic heterocycles. The number of aromatic nitrogens is 2. The minimum atomic E-state index is -0.272. The summed E-state index contributed by atoms with van der Waals surface area (Å²) in [5, 5.41) is 8.25. The summed E-state index contributed by atoms with van der Waals surface area (Å²) < 4.78 is 6.66. The first-order valence-corrected chi connectivity index (χ1v) is 11.7. The van der Waals surface area contributed by atoms with Crippen molar-refractivity contribution in [1.29, 1.82) is 0 Å². The van der Waals surface area contributed by atoms with Gasteiger partial charge in [0, 0.05) is 23.2 Å². The normalized spacial score (nSPS) is 13.7. The molecule has 0 bridgehead atoms. The Labute approximate surface area is 196 Å². The van der Waals surface area contributed by atoms with Gasteiger partial charge in [0.2, 0.25) is 0 Å². The predicted octanol–water partition coefficient (Wildman–Crippen LogP) is 4.87. The van der Waals surface area contributed by atoms with E-state index in [0.717, 1.165) is 27.9 Å². The number of fused-ring (bicyclic) bond motifs is 1. The number of ether oxygens (including phenoxy) is 1. The van der Waals surface area contributed by atoms with Crippen LogP contribution in [-0.4, -0.2) is 33.8 Å². The monoisotopic (exact) mass is 462 g/mol. The topological polar surface area (TPSA) is 93.2 Å². The lowest BCUT2D eigenvalue weighted by molar-refractivity contribution is -0.124. The lowest BCUT2D eigenvalue weighted by Crippen LogP contribution is -2.44. The summed E-state index contributed by atoms with van der Waals surface area (Å²) in [6.07, 6.45) is 6.37. The highest BCUT2D eigenvalue weighted by atomic mass is 32.1. The van der Waals surface area contributed by atoms with Crippen molar-refractivity contribution in [2.45, 2.75) is 39.2 Å². The van der Waals surface area contributed by atoms with E-state index in [0.29, 0.717) is 23.8 Å². The maximum atomic E-state index is 12.2. The van der Waals surface area contributed by atoms with Crippen LogP contribution in [0.5, 0.6) is 5.75 Å². The Balaban J connectivity index is 1.55. The number of thiophene rings is 1. The van der Waals surface area contributed by atoms with Gasteiger partial charge in [0.05, 0.1) is 10.2 Å². The number of allylic oxidation sites excluding steroid dienone is 3. The maximum Gasteiger partial charge on any atom is 0.258 e. The summed E-state index contributed by atoms with van der Waals surface area (Å²) in [4.78, 5) is 33.1. The van der Waals surface area contributed by atoms with Crippen LogP contribution < -0.4 is 15.4 Å². The molecule has 1 aromatic carbocycles. The molecule has 2 N–H and O–H groups in total. The molecular formula is C25H26N4O3S. The standard InChI is InChI=1S/C25H26N4O3S/c1-4-25(2,3)29-21(31)15-32-19-7-5-6-16(14-19)23-27-20-12-13-33-22(20)24(28-23)26-17-8-10-18(30)11-9-17/h5-10,12-14H,4,11,15H2,1-3H3,(H,29,31)(H,26,27,28). The van der Waals surface area contributed by atoms with Crippen LogP contribution in [-0.2, 0) is 9.59 Å². The number of hydrogen-bond acceptors (Lipinski definition) is 7. The Morgan fingerprint density at radius 1 is 1.21 bits per heavy atom. The van der Waals surface area contributed by atoms with Gasteiger partial charge in [-0.2, -0.15) is 0 Å². The molecule has 0 aliphatic heterocycles. The molecule has 0 atom stereocenters. The second-order valence-electron chi connectivity index (χ2n) is 8.42. The van der Waals surface area contributed by atoms with Gasteiger partial charge in [0.25, 0.3) is 5.91 Å². The van der Waals surface area contributed by atoms with Crippen molar-refractivity contribution in [2.75, 3.05) is 11.9 Å². The zero-order chi connectivity index (χ0) is 23.4. The molecule has 1 amide bonds. The van der Waals surface area contributed by atoms with Gasteiger partial charge in [-0.3, -0.25) is 9.59 Å². The predicted molar refractivity (Wildman–Crippen MR) is 131 cm³/mol. The highest BCUT2D eigenvalue weighted by Crippen LogP contribution is 2.31. The van der Waals surface area contributed by atoms with Gasteiger partial charge in [-0.1, -0.05) is 25.1 Å². The molecular weight excluding hydrogens is 436 g/mol. The van der Waals surface area contributed by atoms with Crippen LogP contribution in [0, 0.1) is 0 Å². The van der Waals surface area contributed by atoms with E-state index in [2.05, 4.69) is 10.6 Å². The molecule has 1 aliphatic rings. The van der Waals surface area contributed by atoms with Crippen molar-refractivity contribution in [3.8, 4) is 17.1 Å². The van der Waals surface area contributed by atoms with Gasteiger partial charge >= 0.3 is 0 Å². The van der Waals surface area contributed by atoms with Crippen molar-refractivity contribution < 1.29 is 14.3 Å². The molecule has 0 saturated heterocycles. The van der Waals surface area contributed by atoms with E-state index in [4.69, 9.17) is 14.7 Å². The van der Waals surface area contributed by atoms with Gasteiger partial charge in [-0.05, 0) is 56.0 Å². The number of rotatable bonds is 8. The molecule has 2 heterocycles. The molecule has 0 saturated carbocycles. The Hall–Kier alpha value is -3.52. The van der Waals surface area contributed by atoms with E-state index in [1.165, 1.54) is 0 Å². The van der Waals surface area contributed by atoms with E-state index in [1.54, 1.807) is 29.6 Å². The van der Waals surface area contributed by atoms with Crippen molar-refractivity contribution in [3.63, 3.8) is 0 Å². The van der Waals surface area contributed by atoms with Crippen LogP contribution in [0.2, 0.25) is 0 Å². The Bertz CT molecular complexity index is 1260. The maximum absolute atomic E-state index is 12.2. The Kier molecular flexibility index (Phi) is 6.55. The van der Waals surface area contributed by atoms with E-state index >= 15 is 0 Å². The quantitative estimate of drug-likeness (QED) is 0.496. The highest BCUT2D eigenvalue weighted by molar-refractivity contribution is 7.17. The average molecular weight is 463 g/mol. The molecule has 4 rings (SSSR count). The minimum absolute atomic E-state index is 0.0661. The molecule has 1 aliphatic carbocycles. The SMILES string of the molecule is CCC(C)(C)NC(=O)COc1cccc(-c2nc(NC3=CCC(=O)C=C3)c3sccc3n2)c1. The second kappa shape index (κ2) is 9.54. The first-order chi connectivity index (χ1) is 15.8. The van der Waals surface area contributed by atoms with Crippen molar-refractivity contribution in [1.82, 2.24) is 15.3 Å². The number of carbonyl (C=O) groups is 2. The summed E-state index contributed by atoms with van der Waals surface area (Å²) in [6.45, 7) is 5.92. The number of ketones is 1. The number of benzene rings is 1. The Morgan fingerprint density at radius 2 is 2.06 bits per heavy atom. The summed E-state index contributed by atoms with van der Waals surface area (Å²) in [5.41, 5.74) is 2.16. The van der Waals surface area contributed by atoms with Gasteiger partial charge in [0.1, 0.15) is 5.75 Å². The smallest absolute Gasteiger partial charge is 0.258 e. The van der Waals surface area contributed by atoms with Crippen molar-refractivity contribution in [3.05, 3.63) is 59.6 Å².